The van der Waals surface area contributed by atoms with E-state index in [1.165, 1.54) is 0 Å². The molecular formula is C11H19N5O3. The van der Waals surface area contributed by atoms with E-state index in [1.54, 1.807) is 24.0 Å². The van der Waals surface area contributed by atoms with E-state index in [9.17, 15) is 9.59 Å². The van der Waals surface area contributed by atoms with Crippen molar-refractivity contribution in [2.45, 2.75) is 26.3 Å². The van der Waals surface area contributed by atoms with Crippen molar-refractivity contribution in [1.29, 1.82) is 0 Å². The van der Waals surface area contributed by atoms with Crippen LogP contribution in [-0.2, 0) is 11.3 Å². The largest absolute Gasteiger partial charge is 0.481 e. The fourth-order valence-corrected chi connectivity index (χ4v) is 1.48. The first-order valence-electron chi connectivity index (χ1n) is 6.22. The highest BCUT2D eigenvalue weighted by Gasteiger charge is 2.15. The van der Waals surface area contributed by atoms with Crippen molar-refractivity contribution in [3.05, 3.63) is 12.4 Å². The molecule has 0 aliphatic heterocycles. The number of carbonyl (C=O) groups is 2. The van der Waals surface area contributed by atoms with Crippen LogP contribution in [0.4, 0.5) is 4.79 Å². The summed E-state index contributed by atoms with van der Waals surface area (Å²) in [4.78, 5) is 22.1. The minimum Gasteiger partial charge on any atom is -0.481 e. The summed E-state index contributed by atoms with van der Waals surface area (Å²) in [5, 5.41) is 21.5. The van der Waals surface area contributed by atoms with Crippen LogP contribution >= 0.6 is 0 Å². The van der Waals surface area contributed by atoms with Crippen LogP contribution in [0.15, 0.2) is 12.4 Å². The molecular weight excluding hydrogens is 250 g/mol. The van der Waals surface area contributed by atoms with Gasteiger partial charge in [0.05, 0.1) is 12.1 Å². The molecule has 8 nitrogen and oxygen atoms in total. The third-order valence-corrected chi connectivity index (χ3v) is 2.67. The lowest BCUT2D eigenvalue weighted by Gasteiger charge is -2.11. The molecule has 0 saturated carbocycles. The summed E-state index contributed by atoms with van der Waals surface area (Å²) in [6.45, 7) is 3.08. The number of nitrogens with zero attached hydrogens (tertiary/aromatic N) is 3. The molecule has 0 fully saturated rings. The third-order valence-electron chi connectivity index (χ3n) is 2.67. The van der Waals surface area contributed by atoms with E-state index in [0.29, 0.717) is 19.5 Å². The van der Waals surface area contributed by atoms with Gasteiger partial charge < -0.3 is 15.7 Å². The van der Waals surface area contributed by atoms with Crippen LogP contribution in [0.3, 0.4) is 0 Å². The van der Waals surface area contributed by atoms with E-state index in [4.69, 9.17) is 5.11 Å². The first-order chi connectivity index (χ1) is 9.13. The number of carboxylic acids is 1. The minimum absolute atomic E-state index is 0.140. The van der Waals surface area contributed by atoms with Crippen molar-refractivity contribution < 1.29 is 14.7 Å². The van der Waals surface area contributed by atoms with Crippen LogP contribution in [0.5, 0.6) is 0 Å². The first-order valence-corrected chi connectivity index (χ1v) is 6.22. The Hall–Kier alpha value is -2.12. The number of aryl methyl sites for hydroxylation is 1. The molecule has 0 saturated heterocycles. The lowest BCUT2D eigenvalue weighted by molar-refractivity contribution is -0.141. The lowest BCUT2D eigenvalue weighted by Crippen LogP contribution is -2.40. The Morgan fingerprint density at radius 2 is 2.21 bits per heavy atom. The van der Waals surface area contributed by atoms with E-state index >= 15 is 0 Å². The smallest absolute Gasteiger partial charge is 0.314 e. The average Bonchev–Trinajstić information content (AvgIpc) is 2.88. The molecule has 1 unspecified atom stereocenters. The number of carbonyl (C=O) groups excluding carboxylic acids is 1. The number of carboxylic acid groups (broad SMARTS) is 1. The zero-order chi connectivity index (χ0) is 14.1. The van der Waals surface area contributed by atoms with E-state index in [-0.39, 0.29) is 12.6 Å². The predicted molar refractivity (Wildman–Crippen MR) is 67.5 cm³/mol. The fraction of sp³-hybridized carbons (Fsp3) is 0.636. The van der Waals surface area contributed by atoms with Gasteiger partial charge in [-0.15, -0.1) is 5.10 Å². The van der Waals surface area contributed by atoms with Gasteiger partial charge in [0.2, 0.25) is 0 Å². The second-order valence-electron chi connectivity index (χ2n) is 4.10. The molecule has 0 bridgehead atoms. The molecule has 8 heteroatoms. The highest BCUT2D eigenvalue weighted by atomic mass is 16.4. The summed E-state index contributed by atoms with van der Waals surface area (Å²) in [7, 11) is 0. The Morgan fingerprint density at radius 3 is 2.79 bits per heavy atom. The number of amides is 2. The molecule has 19 heavy (non-hydrogen) atoms. The number of hydrogen-bond donors (Lipinski definition) is 3. The molecule has 0 aliphatic carbocycles. The van der Waals surface area contributed by atoms with E-state index in [0.717, 1.165) is 6.42 Å². The van der Waals surface area contributed by atoms with Crippen LogP contribution in [0.25, 0.3) is 0 Å². The van der Waals surface area contributed by atoms with Crippen molar-refractivity contribution >= 4 is 12.0 Å². The zero-order valence-electron chi connectivity index (χ0n) is 10.9. The fourth-order valence-electron chi connectivity index (χ4n) is 1.48. The number of aliphatic carboxylic acids is 1. The van der Waals surface area contributed by atoms with Crippen molar-refractivity contribution in [2.75, 3.05) is 13.1 Å². The maximum Gasteiger partial charge on any atom is 0.314 e. The number of rotatable bonds is 8. The monoisotopic (exact) mass is 269 g/mol. The molecule has 2 amide bonds. The summed E-state index contributed by atoms with van der Waals surface area (Å²) in [5.41, 5.74) is 0. The van der Waals surface area contributed by atoms with Gasteiger partial charge in [0, 0.05) is 25.8 Å². The number of aromatic nitrogens is 3. The second-order valence-corrected chi connectivity index (χ2v) is 4.10. The number of urea groups is 1. The first kappa shape index (κ1) is 14.9. The van der Waals surface area contributed by atoms with E-state index < -0.39 is 11.9 Å². The van der Waals surface area contributed by atoms with Gasteiger partial charge in [0.1, 0.15) is 0 Å². The average molecular weight is 269 g/mol. The van der Waals surface area contributed by atoms with Crippen LogP contribution < -0.4 is 10.6 Å². The lowest BCUT2D eigenvalue weighted by atomic mass is 10.1. The van der Waals surface area contributed by atoms with Gasteiger partial charge in [-0.25, -0.2) is 4.79 Å². The number of nitrogens with one attached hydrogen (secondary N) is 2. The van der Waals surface area contributed by atoms with Gasteiger partial charge >= 0.3 is 12.0 Å². The maximum absolute atomic E-state index is 11.4. The molecule has 1 rings (SSSR count). The Labute approximate surface area is 111 Å². The normalized spacial score (nSPS) is 11.8. The molecule has 0 radical (unpaired) electrons. The molecule has 0 aliphatic rings. The third kappa shape index (κ3) is 5.84. The molecule has 1 aromatic heterocycles. The molecule has 3 N–H and O–H groups in total. The predicted octanol–water partition coefficient (Wildman–Crippen LogP) is 0.0782. The Balaban J connectivity index is 2.09. The zero-order valence-corrected chi connectivity index (χ0v) is 10.9. The highest BCUT2D eigenvalue weighted by molar-refractivity contribution is 5.75. The van der Waals surface area contributed by atoms with Crippen LogP contribution in [0.2, 0.25) is 0 Å². The van der Waals surface area contributed by atoms with Crippen LogP contribution in [0.1, 0.15) is 19.8 Å². The van der Waals surface area contributed by atoms with Crippen molar-refractivity contribution in [2.24, 2.45) is 5.92 Å². The highest BCUT2D eigenvalue weighted by Crippen LogP contribution is 1.99. The summed E-state index contributed by atoms with van der Waals surface area (Å²) >= 11 is 0. The molecule has 106 valence electrons. The van der Waals surface area contributed by atoms with Crippen molar-refractivity contribution in [3.63, 3.8) is 0 Å². The van der Waals surface area contributed by atoms with Gasteiger partial charge in [0.25, 0.3) is 0 Å². The van der Waals surface area contributed by atoms with Gasteiger partial charge in [-0.2, -0.15) is 0 Å². The topological polar surface area (TPSA) is 109 Å². The SMILES string of the molecule is CCC(CNC(=O)NCCCn1ccnn1)C(=O)O. The summed E-state index contributed by atoms with van der Waals surface area (Å²) in [6, 6.07) is -0.349. The van der Waals surface area contributed by atoms with Gasteiger partial charge in [-0.3, -0.25) is 9.48 Å². The van der Waals surface area contributed by atoms with Gasteiger partial charge in [0.15, 0.2) is 0 Å². The number of hydrogen-bond acceptors (Lipinski definition) is 4. The Bertz CT molecular complexity index is 393. The maximum atomic E-state index is 11.4. The summed E-state index contributed by atoms with van der Waals surface area (Å²) < 4.78 is 1.68. The van der Waals surface area contributed by atoms with Gasteiger partial charge in [-0.05, 0) is 12.8 Å². The molecule has 1 atom stereocenters. The molecule has 1 heterocycles. The van der Waals surface area contributed by atoms with Crippen molar-refractivity contribution in [3.8, 4) is 0 Å². The summed E-state index contributed by atoms with van der Waals surface area (Å²) in [6.07, 6.45) is 4.56. The minimum atomic E-state index is -0.894. The second kappa shape index (κ2) is 8.06. The van der Waals surface area contributed by atoms with E-state index in [1.807, 2.05) is 0 Å². The summed E-state index contributed by atoms with van der Waals surface area (Å²) in [5.74, 6) is -1.44. The van der Waals surface area contributed by atoms with Crippen molar-refractivity contribution in [1.82, 2.24) is 25.6 Å². The van der Waals surface area contributed by atoms with Gasteiger partial charge in [-0.1, -0.05) is 12.1 Å². The molecule has 0 spiro atoms. The molecule has 1 aromatic rings. The quantitative estimate of drug-likeness (QED) is 0.579. The Kier molecular flexibility index (Phi) is 6.34. The van der Waals surface area contributed by atoms with E-state index in [2.05, 4.69) is 20.9 Å². The standard InChI is InChI=1S/C11H19N5O3/c1-2-9(10(17)18)8-13-11(19)12-4-3-6-16-7-5-14-15-16/h5,7,9H,2-4,6,8H2,1H3,(H,17,18)(H2,12,13,19). The van der Waals surface area contributed by atoms with Crippen LogP contribution in [-0.4, -0.2) is 45.2 Å². The Morgan fingerprint density at radius 1 is 1.42 bits per heavy atom. The van der Waals surface area contributed by atoms with Crippen LogP contribution in [0, 0.1) is 5.92 Å². The molecule has 0 aromatic carbocycles.